The number of nitrogens with two attached hydrogens (primary N) is 2. The molecule has 1 aromatic rings. The van der Waals surface area contributed by atoms with Gasteiger partial charge < -0.3 is 31.2 Å². The fourth-order valence-corrected chi connectivity index (χ4v) is 5.52. The van der Waals surface area contributed by atoms with Crippen molar-refractivity contribution in [1.29, 1.82) is 0 Å². The molecule has 1 aromatic carbocycles. The maximum absolute atomic E-state index is 12.9. The summed E-state index contributed by atoms with van der Waals surface area (Å²) in [6.07, 6.45) is -2.08. The molecule has 4 rings (SSSR count). The Morgan fingerprint density at radius 3 is 2.50 bits per heavy atom. The SMILES string of the molecule is CCCCCCNC(=O)OC[C@@H]1N=C(N)N2C[C@H](OC(=O)c3ccc(C(F)(F)F)cc3)C(C)C23C1N=C(N)N3O. The van der Waals surface area contributed by atoms with Gasteiger partial charge in [0.05, 0.1) is 17.7 Å². The van der Waals surface area contributed by atoms with E-state index in [1.54, 1.807) is 6.92 Å². The molecule has 0 aromatic heterocycles. The molecule has 0 bridgehead atoms. The Hall–Kier alpha value is -3.75. The van der Waals surface area contributed by atoms with Gasteiger partial charge in [-0.1, -0.05) is 33.1 Å². The van der Waals surface area contributed by atoms with Gasteiger partial charge in [0, 0.05) is 12.5 Å². The Morgan fingerprint density at radius 2 is 1.85 bits per heavy atom. The van der Waals surface area contributed by atoms with E-state index in [0.717, 1.165) is 55.0 Å². The third-order valence-corrected chi connectivity index (χ3v) is 7.62. The smallest absolute Gasteiger partial charge is 0.416 e. The van der Waals surface area contributed by atoms with Crippen LogP contribution in [-0.4, -0.2) is 82.7 Å². The van der Waals surface area contributed by atoms with E-state index in [1.165, 1.54) is 4.90 Å². The molecule has 0 aliphatic carbocycles. The Morgan fingerprint density at radius 1 is 1.15 bits per heavy atom. The van der Waals surface area contributed by atoms with Crippen molar-refractivity contribution in [1.82, 2.24) is 15.3 Å². The van der Waals surface area contributed by atoms with Crippen LogP contribution < -0.4 is 16.8 Å². The number of amides is 1. The number of guanidine groups is 2. The number of hydroxylamine groups is 2. The number of aliphatic imine (C=N–C) groups is 2. The number of esters is 1. The number of nitrogens with zero attached hydrogens (tertiary/aromatic N) is 4. The maximum atomic E-state index is 12.9. The number of benzene rings is 1. The zero-order chi connectivity index (χ0) is 29.2. The summed E-state index contributed by atoms with van der Waals surface area (Å²) in [5, 5.41) is 14.5. The standard InChI is InChI=1S/C25H34F3N7O5/c1-3-4-5-6-11-31-23(37)39-13-17-19-24(35(38)22(30)33-19)14(2)18(12-34(24)21(29)32-17)40-20(36)15-7-9-16(10-8-15)25(26,27)28/h7-10,14,17-19,38H,3-6,11-13H2,1-2H3,(H2,29,32)(H2,30,33)(H,31,37)/t14?,17-,18-,19?,24?/m0/s1. The van der Waals surface area contributed by atoms with Gasteiger partial charge in [0.15, 0.2) is 11.6 Å². The first-order valence-corrected chi connectivity index (χ1v) is 13.1. The van der Waals surface area contributed by atoms with Gasteiger partial charge in [-0.3, -0.25) is 5.21 Å². The normalized spacial score (nSPS) is 27.4. The number of halogens is 3. The van der Waals surface area contributed by atoms with E-state index in [1.807, 2.05) is 0 Å². The van der Waals surface area contributed by atoms with Crippen LogP contribution in [0.2, 0.25) is 0 Å². The highest BCUT2D eigenvalue weighted by Gasteiger charge is 2.68. The van der Waals surface area contributed by atoms with Crippen molar-refractivity contribution in [2.45, 2.75) is 69.6 Å². The van der Waals surface area contributed by atoms with E-state index in [9.17, 15) is 28.0 Å². The zero-order valence-corrected chi connectivity index (χ0v) is 22.2. The molecule has 1 fully saturated rings. The monoisotopic (exact) mass is 569 g/mol. The molecule has 1 spiro atoms. The number of hydrogen-bond donors (Lipinski definition) is 4. The summed E-state index contributed by atoms with van der Waals surface area (Å²) >= 11 is 0. The molecule has 1 amide bonds. The highest BCUT2D eigenvalue weighted by molar-refractivity contribution is 5.90. The van der Waals surface area contributed by atoms with Crippen molar-refractivity contribution in [2.24, 2.45) is 27.4 Å². The van der Waals surface area contributed by atoms with E-state index in [-0.39, 0.29) is 30.6 Å². The highest BCUT2D eigenvalue weighted by Crippen LogP contribution is 2.48. The van der Waals surface area contributed by atoms with Crippen LogP contribution in [0.3, 0.4) is 0 Å². The molecule has 3 unspecified atom stereocenters. The van der Waals surface area contributed by atoms with E-state index in [4.69, 9.17) is 20.9 Å². The lowest BCUT2D eigenvalue weighted by Crippen LogP contribution is -2.71. The van der Waals surface area contributed by atoms with Crippen molar-refractivity contribution >= 4 is 24.0 Å². The molecule has 5 atom stereocenters. The second-order valence-corrected chi connectivity index (χ2v) is 10.1. The van der Waals surface area contributed by atoms with Gasteiger partial charge in [-0.25, -0.2) is 19.6 Å². The third kappa shape index (κ3) is 5.33. The number of unbranched alkanes of at least 4 members (excludes halogenated alkanes) is 3. The van der Waals surface area contributed by atoms with E-state index in [0.29, 0.717) is 6.54 Å². The van der Waals surface area contributed by atoms with Gasteiger partial charge in [-0.05, 0) is 30.7 Å². The lowest BCUT2D eigenvalue weighted by Gasteiger charge is -2.49. The summed E-state index contributed by atoms with van der Waals surface area (Å²) in [6.45, 7) is 4.07. The van der Waals surface area contributed by atoms with Crippen LogP contribution in [0.15, 0.2) is 34.3 Å². The molecule has 6 N–H and O–H groups in total. The van der Waals surface area contributed by atoms with Crippen molar-refractivity contribution < 1.29 is 37.4 Å². The van der Waals surface area contributed by atoms with Gasteiger partial charge in [-0.15, -0.1) is 0 Å². The predicted molar refractivity (Wildman–Crippen MR) is 137 cm³/mol. The molecule has 3 aliphatic rings. The van der Waals surface area contributed by atoms with Gasteiger partial charge in [0.25, 0.3) is 0 Å². The summed E-state index contributed by atoms with van der Waals surface area (Å²) < 4.78 is 49.7. The average Bonchev–Trinajstić information content (AvgIpc) is 3.35. The lowest BCUT2D eigenvalue weighted by molar-refractivity contribution is -0.170. The molecule has 3 heterocycles. The Balaban J connectivity index is 1.47. The first-order chi connectivity index (χ1) is 18.9. The number of alkyl halides is 3. The van der Waals surface area contributed by atoms with Crippen LogP contribution in [0, 0.1) is 5.92 Å². The highest BCUT2D eigenvalue weighted by atomic mass is 19.4. The predicted octanol–water partition coefficient (Wildman–Crippen LogP) is 2.27. The first-order valence-electron chi connectivity index (χ1n) is 13.1. The van der Waals surface area contributed by atoms with E-state index in [2.05, 4.69) is 22.2 Å². The number of alkyl carbamates (subject to hydrolysis) is 1. The third-order valence-electron chi connectivity index (χ3n) is 7.62. The van der Waals surface area contributed by atoms with Crippen LogP contribution in [0.1, 0.15) is 55.5 Å². The number of carbonyl (C=O) groups is 2. The minimum Gasteiger partial charge on any atom is -0.456 e. The Kier molecular flexibility index (Phi) is 8.33. The minimum absolute atomic E-state index is 0.00502. The van der Waals surface area contributed by atoms with Gasteiger partial charge in [-0.2, -0.15) is 18.2 Å². The van der Waals surface area contributed by atoms with Crippen LogP contribution in [-0.2, 0) is 15.7 Å². The summed E-state index contributed by atoms with van der Waals surface area (Å²) in [4.78, 5) is 35.4. The molecule has 12 nitrogen and oxygen atoms in total. The Bertz CT molecular complexity index is 1160. The van der Waals surface area contributed by atoms with Crippen LogP contribution >= 0.6 is 0 Å². The van der Waals surface area contributed by atoms with E-state index >= 15 is 0 Å². The molecule has 15 heteroatoms. The number of nitrogens with one attached hydrogen (secondary N) is 1. The maximum Gasteiger partial charge on any atom is 0.416 e. The molecular formula is C25H34F3N7O5. The second kappa shape index (κ2) is 11.4. The molecule has 1 saturated heterocycles. The van der Waals surface area contributed by atoms with Gasteiger partial charge >= 0.3 is 18.2 Å². The summed E-state index contributed by atoms with van der Waals surface area (Å²) in [6, 6.07) is 2.02. The quantitative estimate of drug-likeness (QED) is 0.258. The van der Waals surface area contributed by atoms with E-state index < -0.39 is 53.6 Å². The summed E-state index contributed by atoms with van der Waals surface area (Å²) in [7, 11) is 0. The van der Waals surface area contributed by atoms with Crippen molar-refractivity contribution in [3.05, 3.63) is 35.4 Å². The zero-order valence-electron chi connectivity index (χ0n) is 22.2. The van der Waals surface area contributed by atoms with Crippen molar-refractivity contribution in [3.8, 4) is 0 Å². The summed E-state index contributed by atoms with van der Waals surface area (Å²) in [5.74, 6) is -1.73. The summed E-state index contributed by atoms with van der Waals surface area (Å²) in [5.41, 5.74) is 9.90. The molecule has 220 valence electrons. The Labute approximate surface area is 229 Å². The second-order valence-electron chi connectivity index (χ2n) is 10.1. The molecule has 3 aliphatic heterocycles. The topological polar surface area (TPSA) is 168 Å². The van der Waals surface area contributed by atoms with Crippen molar-refractivity contribution in [3.63, 3.8) is 0 Å². The van der Waals surface area contributed by atoms with Gasteiger partial charge in [0.1, 0.15) is 24.8 Å². The molecule has 0 radical (unpaired) electrons. The van der Waals surface area contributed by atoms with Crippen LogP contribution in [0.4, 0.5) is 18.0 Å². The molecular weight excluding hydrogens is 535 g/mol. The number of ether oxygens (including phenoxy) is 2. The van der Waals surface area contributed by atoms with Crippen molar-refractivity contribution in [2.75, 3.05) is 19.7 Å². The van der Waals surface area contributed by atoms with Gasteiger partial charge in [0.2, 0.25) is 5.96 Å². The minimum atomic E-state index is -4.54. The fraction of sp³-hybridized carbons (Fsp3) is 0.600. The number of hydrogen-bond acceptors (Lipinski definition) is 11. The fourth-order valence-electron chi connectivity index (χ4n) is 5.52. The van der Waals surface area contributed by atoms with Crippen LogP contribution in [0.5, 0.6) is 0 Å². The first kappa shape index (κ1) is 29.2. The number of carbonyl (C=O) groups excluding carboxylic acids is 2. The largest absolute Gasteiger partial charge is 0.456 e. The molecule has 40 heavy (non-hydrogen) atoms. The number of rotatable bonds is 9. The molecule has 0 saturated carbocycles. The average molecular weight is 570 g/mol. The van der Waals surface area contributed by atoms with Crippen LogP contribution in [0.25, 0.3) is 0 Å². The lowest BCUT2D eigenvalue weighted by atomic mass is 9.83.